The third-order valence-electron chi connectivity index (χ3n) is 2.47. The Bertz CT molecular complexity index is 260. The Morgan fingerprint density at radius 3 is 2.79 bits per heavy atom. The van der Waals surface area contributed by atoms with E-state index in [1.807, 2.05) is 6.92 Å². The van der Waals surface area contributed by atoms with Crippen LogP contribution >= 0.6 is 11.8 Å². The van der Waals surface area contributed by atoms with Crippen LogP contribution in [0.4, 0.5) is 0 Å². The van der Waals surface area contributed by atoms with E-state index in [0.717, 1.165) is 5.04 Å². The number of fused-ring (bicyclic) bond motifs is 1. The van der Waals surface area contributed by atoms with Crippen LogP contribution in [0.2, 0.25) is 0 Å². The Balaban J connectivity index is 2.14. The molecule has 3 N–H and O–H groups in total. The Kier molecular flexibility index (Phi) is 2.81. The number of aliphatic hydroxyl groups is 3. The van der Waals surface area contributed by atoms with Crippen molar-refractivity contribution >= 4 is 16.8 Å². The van der Waals surface area contributed by atoms with E-state index in [4.69, 9.17) is 9.84 Å². The third-order valence-corrected chi connectivity index (χ3v) is 3.53. The lowest BCUT2D eigenvalue weighted by Crippen LogP contribution is -2.55. The van der Waals surface area contributed by atoms with Gasteiger partial charge in [-0.3, -0.25) is 4.99 Å². The molecule has 2 rings (SSSR count). The summed E-state index contributed by atoms with van der Waals surface area (Å²) in [6.45, 7) is 1.54. The van der Waals surface area contributed by atoms with Crippen molar-refractivity contribution in [2.24, 2.45) is 4.99 Å². The van der Waals surface area contributed by atoms with Gasteiger partial charge in [0.05, 0.1) is 11.7 Å². The second kappa shape index (κ2) is 3.79. The topological polar surface area (TPSA) is 82.3 Å². The van der Waals surface area contributed by atoms with Crippen molar-refractivity contribution in [3.63, 3.8) is 0 Å². The van der Waals surface area contributed by atoms with Crippen molar-refractivity contribution in [2.75, 3.05) is 6.61 Å². The highest BCUT2D eigenvalue weighted by Crippen LogP contribution is 2.36. The van der Waals surface area contributed by atoms with E-state index in [-0.39, 0.29) is 12.0 Å². The Morgan fingerprint density at radius 2 is 2.14 bits per heavy atom. The van der Waals surface area contributed by atoms with Gasteiger partial charge < -0.3 is 20.1 Å². The van der Waals surface area contributed by atoms with Crippen LogP contribution in [-0.2, 0) is 4.74 Å². The lowest BCUT2D eigenvalue weighted by atomic mass is 9.99. The van der Waals surface area contributed by atoms with Gasteiger partial charge in [0, 0.05) is 0 Å². The molecule has 1 saturated heterocycles. The summed E-state index contributed by atoms with van der Waals surface area (Å²) in [5.41, 5.74) is -0.273. The summed E-state index contributed by atoms with van der Waals surface area (Å²) in [5, 5.41) is 29.0. The molecule has 5 atom stereocenters. The SMILES string of the molecule is CC1=N[C@H]2[C@H](O)[C@@H](O)[C@H](CO)O[C@H]2S1. The van der Waals surface area contributed by atoms with E-state index < -0.39 is 24.4 Å². The molecular weight excluding hydrogens is 206 g/mol. The molecule has 0 spiro atoms. The molecule has 2 aliphatic heterocycles. The maximum absolute atomic E-state index is 9.71. The number of ether oxygens (including phenoxy) is 1. The molecule has 0 aromatic carbocycles. The van der Waals surface area contributed by atoms with Gasteiger partial charge in [0.2, 0.25) is 0 Å². The zero-order valence-electron chi connectivity index (χ0n) is 7.70. The standard InChI is InChI=1S/C8H13NO4S/c1-3-9-5-7(12)6(11)4(2-10)13-8(5)14-3/h4-8,10-12H,2H2,1H3/t4-,5-,6-,7-,8-/m0/s1. The number of hydrogen-bond donors (Lipinski definition) is 3. The number of rotatable bonds is 1. The van der Waals surface area contributed by atoms with Gasteiger partial charge in [-0.25, -0.2) is 0 Å². The first-order valence-electron chi connectivity index (χ1n) is 4.47. The Morgan fingerprint density at radius 1 is 1.43 bits per heavy atom. The molecular formula is C8H13NO4S. The fraction of sp³-hybridized carbons (Fsp3) is 0.875. The molecule has 0 unspecified atom stereocenters. The molecule has 0 saturated carbocycles. The first-order valence-corrected chi connectivity index (χ1v) is 5.35. The van der Waals surface area contributed by atoms with Gasteiger partial charge >= 0.3 is 0 Å². The Hall–Kier alpha value is -0.140. The first kappa shape index (κ1) is 10.4. The van der Waals surface area contributed by atoms with E-state index in [1.165, 1.54) is 11.8 Å². The van der Waals surface area contributed by atoms with Gasteiger partial charge in [0.25, 0.3) is 0 Å². The molecule has 0 aromatic rings. The summed E-state index contributed by atoms with van der Waals surface area (Å²) in [6.07, 6.45) is -2.72. The van der Waals surface area contributed by atoms with Gasteiger partial charge in [-0.05, 0) is 6.92 Å². The fourth-order valence-electron chi connectivity index (χ4n) is 1.71. The smallest absolute Gasteiger partial charge is 0.134 e. The third kappa shape index (κ3) is 1.57. The summed E-state index contributed by atoms with van der Waals surface area (Å²) in [6, 6.07) is -0.405. The molecule has 0 aliphatic carbocycles. The Labute approximate surface area is 85.8 Å². The fourth-order valence-corrected chi connectivity index (χ4v) is 2.79. The summed E-state index contributed by atoms with van der Waals surface area (Å²) >= 11 is 1.42. The number of aliphatic imine (C=N–C) groups is 1. The number of nitrogens with zero attached hydrogens (tertiary/aromatic N) is 1. The second-order valence-corrected chi connectivity index (χ2v) is 4.75. The second-order valence-electron chi connectivity index (χ2n) is 3.46. The minimum atomic E-state index is -1.06. The van der Waals surface area contributed by atoms with E-state index >= 15 is 0 Å². The summed E-state index contributed by atoms with van der Waals surface area (Å²) < 4.78 is 5.40. The summed E-state index contributed by atoms with van der Waals surface area (Å²) in [5.74, 6) is 0. The molecule has 0 bridgehead atoms. The quantitative estimate of drug-likeness (QED) is 0.525. The van der Waals surface area contributed by atoms with Gasteiger partial charge in [-0.2, -0.15) is 0 Å². The van der Waals surface area contributed by atoms with Gasteiger partial charge in [0.1, 0.15) is 29.8 Å². The van der Waals surface area contributed by atoms with Crippen LogP contribution in [0.3, 0.4) is 0 Å². The van der Waals surface area contributed by atoms with E-state index in [2.05, 4.69) is 4.99 Å². The van der Waals surface area contributed by atoms with Crippen molar-refractivity contribution in [2.45, 2.75) is 36.7 Å². The molecule has 2 heterocycles. The van der Waals surface area contributed by atoms with Crippen molar-refractivity contribution in [3.05, 3.63) is 0 Å². The van der Waals surface area contributed by atoms with Crippen molar-refractivity contribution in [1.82, 2.24) is 0 Å². The number of hydrogen-bond acceptors (Lipinski definition) is 6. The van der Waals surface area contributed by atoms with Crippen LogP contribution in [-0.4, -0.2) is 56.8 Å². The van der Waals surface area contributed by atoms with Crippen molar-refractivity contribution < 1.29 is 20.1 Å². The molecule has 1 fully saturated rings. The molecule has 6 heteroatoms. The zero-order valence-corrected chi connectivity index (χ0v) is 8.52. The normalized spacial score (nSPS) is 47.4. The minimum Gasteiger partial charge on any atom is -0.394 e. The first-order chi connectivity index (χ1) is 6.63. The number of thioether (sulfide) groups is 1. The highest BCUT2D eigenvalue weighted by atomic mass is 32.2. The summed E-state index contributed by atoms with van der Waals surface area (Å²) in [7, 11) is 0. The lowest BCUT2D eigenvalue weighted by molar-refractivity contribution is -0.164. The van der Waals surface area contributed by atoms with Crippen LogP contribution < -0.4 is 0 Å². The van der Waals surface area contributed by atoms with Crippen LogP contribution in [0.5, 0.6) is 0 Å². The van der Waals surface area contributed by atoms with Crippen LogP contribution in [0, 0.1) is 0 Å². The predicted octanol–water partition coefficient (Wildman–Crippen LogP) is -1.04. The predicted molar refractivity (Wildman–Crippen MR) is 52.2 cm³/mol. The monoisotopic (exact) mass is 219 g/mol. The molecule has 0 radical (unpaired) electrons. The highest BCUT2D eigenvalue weighted by Gasteiger charge is 2.47. The molecule has 0 amide bonds. The van der Waals surface area contributed by atoms with Gasteiger partial charge in [-0.15, -0.1) is 0 Å². The van der Waals surface area contributed by atoms with Gasteiger partial charge in [-0.1, -0.05) is 11.8 Å². The maximum Gasteiger partial charge on any atom is 0.134 e. The average molecular weight is 219 g/mol. The van der Waals surface area contributed by atoms with E-state index in [9.17, 15) is 10.2 Å². The zero-order chi connectivity index (χ0) is 10.3. The maximum atomic E-state index is 9.71. The van der Waals surface area contributed by atoms with Crippen molar-refractivity contribution in [1.29, 1.82) is 0 Å². The summed E-state index contributed by atoms with van der Waals surface area (Å²) in [4.78, 5) is 4.17. The molecule has 14 heavy (non-hydrogen) atoms. The van der Waals surface area contributed by atoms with E-state index in [0.29, 0.717) is 0 Å². The lowest BCUT2D eigenvalue weighted by Gasteiger charge is -2.37. The van der Waals surface area contributed by atoms with Crippen LogP contribution in [0.1, 0.15) is 6.92 Å². The number of aliphatic hydroxyl groups excluding tert-OH is 3. The van der Waals surface area contributed by atoms with Crippen molar-refractivity contribution in [3.8, 4) is 0 Å². The van der Waals surface area contributed by atoms with Crippen LogP contribution in [0.25, 0.3) is 0 Å². The van der Waals surface area contributed by atoms with Gasteiger partial charge in [0.15, 0.2) is 0 Å². The molecule has 0 aromatic heterocycles. The van der Waals surface area contributed by atoms with E-state index in [1.54, 1.807) is 0 Å². The molecule has 80 valence electrons. The largest absolute Gasteiger partial charge is 0.394 e. The molecule has 2 aliphatic rings. The van der Waals surface area contributed by atoms with Crippen LogP contribution in [0.15, 0.2) is 4.99 Å². The molecule has 5 nitrogen and oxygen atoms in total. The minimum absolute atomic E-state index is 0.273. The highest BCUT2D eigenvalue weighted by molar-refractivity contribution is 8.14. The average Bonchev–Trinajstić information content (AvgIpc) is 2.52.